The molecule has 2 saturated heterocycles. The zero-order valence-electron chi connectivity index (χ0n) is 36.1. The molecule has 58 heavy (non-hydrogen) atoms. The first-order valence-corrected chi connectivity index (χ1v) is 22.8. The number of carbonyl (C=O) groups is 2. The summed E-state index contributed by atoms with van der Waals surface area (Å²) >= 11 is 0. The van der Waals surface area contributed by atoms with Crippen LogP contribution in [-0.4, -0.2) is 49.1 Å². The summed E-state index contributed by atoms with van der Waals surface area (Å²) in [5.41, 5.74) is 6.52. The van der Waals surface area contributed by atoms with Crippen LogP contribution in [0.1, 0.15) is 129 Å². The van der Waals surface area contributed by atoms with Crippen LogP contribution in [-0.2, 0) is 9.59 Å². The number of hydrogen-bond donors (Lipinski definition) is 2. The Morgan fingerprint density at radius 2 is 1.14 bits per heavy atom. The average molecular weight is 789 g/mol. The fraction of sp³-hybridized carbons (Fsp3) is 0.680. The second-order valence-electron chi connectivity index (χ2n) is 20.8. The van der Waals surface area contributed by atoms with Crippen LogP contribution in [0.15, 0.2) is 49.1 Å². The number of nitrogens with one attached hydrogen (secondary N) is 2. The van der Waals surface area contributed by atoms with Gasteiger partial charge in [-0.3, -0.25) is 19.6 Å². The molecule has 0 unspecified atom stereocenters. The van der Waals surface area contributed by atoms with Gasteiger partial charge in [0, 0.05) is 38.3 Å². The molecule has 0 spiro atoms. The van der Waals surface area contributed by atoms with Crippen molar-refractivity contribution in [3.63, 3.8) is 0 Å². The van der Waals surface area contributed by atoms with Crippen LogP contribution in [0.3, 0.4) is 0 Å². The number of ether oxygens (including phenoxy) is 2. The first kappa shape index (κ1) is 39.8. The van der Waals surface area contributed by atoms with E-state index in [1.54, 1.807) is 26.6 Å². The van der Waals surface area contributed by atoms with E-state index >= 15 is 0 Å². The van der Waals surface area contributed by atoms with Crippen molar-refractivity contribution in [2.45, 2.75) is 118 Å². The lowest BCUT2D eigenvalue weighted by molar-refractivity contribution is -0.124. The van der Waals surface area contributed by atoms with Crippen LogP contribution in [0.5, 0.6) is 11.5 Å². The molecule has 4 saturated carbocycles. The Morgan fingerprint density at radius 3 is 1.69 bits per heavy atom. The number of pyridine rings is 2. The SMILES string of the molecule is COc1cncc(C2=CC[C@H]3[C@@H]4CC[C@H]5CC(=O)NCC[C@]5(C)[C@H]4CC[C@]23C)c1.COc1cncc(C2=CC[C@H]3[C@@H]4CC[C@H]5CNC(=O)CC[C@]5(C)[C@H]4CC[C@]23C)c1. The van der Waals surface area contributed by atoms with Gasteiger partial charge in [-0.15, -0.1) is 0 Å². The summed E-state index contributed by atoms with van der Waals surface area (Å²) in [5.74, 6) is 7.90. The summed E-state index contributed by atoms with van der Waals surface area (Å²) in [6.45, 7) is 11.8. The molecule has 8 aliphatic rings. The number of aromatic nitrogens is 2. The van der Waals surface area contributed by atoms with Gasteiger partial charge in [-0.25, -0.2) is 0 Å². The molecule has 2 aromatic heterocycles. The number of allylic oxidation sites excluding steroid dienone is 4. The molecule has 0 aromatic carbocycles. The van der Waals surface area contributed by atoms with Crippen molar-refractivity contribution in [1.82, 2.24) is 20.6 Å². The molecule has 2 N–H and O–H groups in total. The molecule has 2 amide bonds. The zero-order valence-corrected chi connectivity index (χ0v) is 36.1. The van der Waals surface area contributed by atoms with Crippen molar-refractivity contribution in [2.24, 2.45) is 69.0 Å². The first-order chi connectivity index (χ1) is 27.9. The van der Waals surface area contributed by atoms with Gasteiger partial charge in [-0.1, -0.05) is 39.8 Å². The summed E-state index contributed by atoms with van der Waals surface area (Å²) in [6.07, 6.45) is 28.7. The molecule has 0 bridgehead atoms. The van der Waals surface area contributed by atoms with Crippen LogP contribution < -0.4 is 20.1 Å². The van der Waals surface area contributed by atoms with E-state index in [1.807, 2.05) is 12.4 Å². The van der Waals surface area contributed by atoms with Crippen LogP contribution in [0.2, 0.25) is 0 Å². The third kappa shape index (κ3) is 6.44. The average Bonchev–Trinajstić information content (AvgIpc) is 3.67. The molecule has 10 rings (SSSR count). The lowest BCUT2D eigenvalue weighted by Gasteiger charge is -2.58. The molecule has 6 fully saturated rings. The number of rotatable bonds is 4. The van der Waals surface area contributed by atoms with Gasteiger partial charge in [0.25, 0.3) is 0 Å². The maximum absolute atomic E-state index is 12.2. The quantitative estimate of drug-likeness (QED) is 0.320. The Labute approximate surface area is 347 Å². The Hall–Kier alpha value is -3.68. The minimum Gasteiger partial charge on any atom is -0.495 e. The van der Waals surface area contributed by atoms with Crippen molar-refractivity contribution in [1.29, 1.82) is 0 Å². The minimum atomic E-state index is 0.233. The summed E-state index contributed by atoms with van der Waals surface area (Å²) in [5, 5.41) is 6.34. The van der Waals surface area contributed by atoms with Gasteiger partial charge in [-0.05, 0) is 180 Å². The van der Waals surface area contributed by atoms with E-state index in [9.17, 15) is 9.59 Å². The van der Waals surface area contributed by atoms with Crippen LogP contribution in [0, 0.1) is 69.0 Å². The lowest BCUT2D eigenvalue weighted by atomic mass is 9.46. The number of methoxy groups -OCH3 is 2. The highest BCUT2D eigenvalue weighted by atomic mass is 16.5. The van der Waals surface area contributed by atoms with Crippen molar-refractivity contribution in [3.05, 3.63) is 60.2 Å². The molecule has 8 heteroatoms. The first-order valence-electron chi connectivity index (χ1n) is 22.8. The van der Waals surface area contributed by atoms with Gasteiger partial charge in [0.05, 0.1) is 26.6 Å². The number of amides is 2. The Balaban J connectivity index is 0.000000150. The number of hydrogen-bond acceptors (Lipinski definition) is 6. The third-order valence-electron chi connectivity index (χ3n) is 18.7. The molecule has 2 aromatic rings. The van der Waals surface area contributed by atoms with E-state index in [0.717, 1.165) is 67.5 Å². The van der Waals surface area contributed by atoms with Gasteiger partial charge in [0.15, 0.2) is 0 Å². The maximum Gasteiger partial charge on any atom is 0.220 e. The molecular formula is C50H68N4O4. The topological polar surface area (TPSA) is 102 Å². The summed E-state index contributed by atoms with van der Waals surface area (Å²) in [7, 11) is 3.43. The Morgan fingerprint density at radius 1 is 0.603 bits per heavy atom. The maximum atomic E-state index is 12.2. The van der Waals surface area contributed by atoms with E-state index in [-0.39, 0.29) is 22.6 Å². The van der Waals surface area contributed by atoms with Crippen molar-refractivity contribution < 1.29 is 19.1 Å². The van der Waals surface area contributed by atoms with Crippen molar-refractivity contribution in [3.8, 4) is 11.5 Å². The predicted molar refractivity (Wildman–Crippen MR) is 229 cm³/mol. The van der Waals surface area contributed by atoms with Gasteiger partial charge < -0.3 is 20.1 Å². The van der Waals surface area contributed by atoms with Crippen LogP contribution in [0.4, 0.5) is 0 Å². The molecule has 4 heterocycles. The van der Waals surface area contributed by atoms with Crippen LogP contribution in [0.25, 0.3) is 11.1 Å². The standard InChI is InChI=1S/2C25H34N2O2/c1-24-11-9-23(28)27-14-17(24)4-5-19-21-7-6-20(25(21,2)10-8-22(19)24)16-12-18(29-3)15-26-13-16;1-24-10-11-27-23(28)13-17(24)4-5-19-21-7-6-20(25(21,2)9-8-22(19)24)16-12-18(29-3)15-26-14-16/h6,12-13,15,17,19,21-22H,4-5,7-11,14H2,1-3H3,(H,27,28);6,12,14-15,17,19,21-22H,4-5,7-11,13H2,1-3H3,(H,27,28)/t2*17-,19-,21-,22-,24-,25+/m00/s1. The second kappa shape index (κ2) is 15.1. The third-order valence-corrected chi connectivity index (χ3v) is 18.7. The fourth-order valence-electron chi connectivity index (χ4n) is 15.4. The van der Waals surface area contributed by atoms with Crippen molar-refractivity contribution >= 4 is 23.0 Å². The highest BCUT2D eigenvalue weighted by Crippen LogP contribution is 2.68. The molecule has 6 aliphatic carbocycles. The number of fused-ring (bicyclic) bond motifs is 10. The second-order valence-corrected chi connectivity index (χ2v) is 20.8. The number of nitrogens with zero attached hydrogens (tertiary/aromatic N) is 2. The highest BCUT2D eigenvalue weighted by molar-refractivity contribution is 5.77. The smallest absolute Gasteiger partial charge is 0.220 e. The van der Waals surface area contributed by atoms with Gasteiger partial charge >= 0.3 is 0 Å². The van der Waals surface area contributed by atoms with Crippen LogP contribution >= 0.6 is 0 Å². The van der Waals surface area contributed by atoms with E-state index in [1.165, 1.54) is 86.5 Å². The van der Waals surface area contributed by atoms with E-state index in [2.05, 4.69) is 72.6 Å². The van der Waals surface area contributed by atoms with E-state index < -0.39 is 0 Å². The Kier molecular flexibility index (Phi) is 10.4. The largest absolute Gasteiger partial charge is 0.495 e. The van der Waals surface area contributed by atoms with Gasteiger partial charge in [-0.2, -0.15) is 0 Å². The van der Waals surface area contributed by atoms with Crippen molar-refractivity contribution in [2.75, 3.05) is 27.3 Å². The molecular weight excluding hydrogens is 721 g/mol. The highest BCUT2D eigenvalue weighted by Gasteiger charge is 2.60. The summed E-state index contributed by atoms with van der Waals surface area (Å²) < 4.78 is 10.9. The molecule has 312 valence electrons. The van der Waals surface area contributed by atoms with E-state index in [0.29, 0.717) is 40.9 Å². The lowest BCUT2D eigenvalue weighted by Crippen LogP contribution is -2.52. The molecule has 12 atom stereocenters. The van der Waals surface area contributed by atoms with Gasteiger partial charge in [0.1, 0.15) is 11.5 Å². The number of carbonyl (C=O) groups excluding carboxylic acids is 2. The molecule has 0 radical (unpaired) electrons. The normalized spacial score (nSPS) is 41.3. The van der Waals surface area contributed by atoms with Gasteiger partial charge in [0.2, 0.25) is 11.8 Å². The Bertz CT molecular complexity index is 1880. The summed E-state index contributed by atoms with van der Waals surface area (Å²) in [6, 6.07) is 4.30. The predicted octanol–water partition coefficient (Wildman–Crippen LogP) is 9.70. The molecule has 8 nitrogen and oxygen atoms in total. The zero-order chi connectivity index (χ0) is 40.5. The molecule has 2 aliphatic heterocycles. The fourth-order valence-corrected chi connectivity index (χ4v) is 15.4. The summed E-state index contributed by atoms with van der Waals surface area (Å²) in [4.78, 5) is 33.1. The van der Waals surface area contributed by atoms with E-state index in [4.69, 9.17) is 9.47 Å². The minimum absolute atomic E-state index is 0.233. The monoisotopic (exact) mass is 789 g/mol.